The Hall–Kier alpha value is -1.01. The summed E-state index contributed by atoms with van der Waals surface area (Å²) in [6, 6.07) is -0.821. The minimum Gasteiger partial charge on any atom is -0.394 e. The summed E-state index contributed by atoms with van der Waals surface area (Å²) in [5, 5.41) is 87.0. The maximum absolute atomic E-state index is 13.2. The van der Waals surface area contributed by atoms with Crippen molar-refractivity contribution in [2.24, 2.45) is 0 Å². The lowest BCUT2D eigenvalue weighted by molar-refractivity contribution is -0.359. The lowest BCUT2D eigenvalue weighted by Crippen LogP contribution is -2.65. The van der Waals surface area contributed by atoms with Crippen molar-refractivity contribution in [3.63, 3.8) is 0 Å². The number of aliphatic hydroxyl groups is 8. The van der Waals surface area contributed by atoms with Crippen LogP contribution in [0.15, 0.2) is 0 Å². The molecule has 2 aliphatic heterocycles. The molecule has 0 aliphatic carbocycles. The van der Waals surface area contributed by atoms with Crippen LogP contribution in [-0.4, -0.2) is 140 Å². The van der Waals surface area contributed by atoms with Crippen LogP contribution in [0.2, 0.25) is 0 Å². The number of ether oxygens (including phenoxy) is 4. The molecule has 0 aromatic heterocycles. The second kappa shape index (κ2) is 41.5. The maximum Gasteiger partial charge on any atom is 0.220 e. The van der Waals surface area contributed by atoms with E-state index in [4.69, 9.17) is 18.9 Å². The van der Waals surface area contributed by atoms with Gasteiger partial charge in [0.25, 0.3) is 0 Å². The Morgan fingerprint density at radius 2 is 0.838 bits per heavy atom. The molecule has 404 valence electrons. The zero-order valence-electron chi connectivity index (χ0n) is 43.1. The van der Waals surface area contributed by atoms with Gasteiger partial charge in [-0.1, -0.05) is 226 Å². The van der Waals surface area contributed by atoms with Crippen molar-refractivity contribution in [2.45, 2.75) is 319 Å². The molecule has 9 N–H and O–H groups in total. The predicted molar refractivity (Wildman–Crippen MR) is 268 cm³/mol. The number of hydrogen-bond acceptors (Lipinski definition) is 13. The second-order valence-corrected chi connectivity index (χ2v) is 20.4. The van der Waals surface area contributed by atoms with Crippen molar-refractivity contribution in [3.05, 3.63) is 0 Å². The molecule has 12 unspecified atom stereocenters. The number of hydrogen-bond donors (Lipinski definition) is 9. The summed E-state index contributed by atoms with van der Waals surface area (Å²) in [6.45, 7) is 2.87. The molecule has 68 heavy (non-hydrogen) atoms. The Bertz CT molecular complexity index is 1150. The summed E-state index contributed by atoms with van der Waals surface area (Å²) in [4.78, 5) is 13.2. The summed E-state index contributed by atoms with van der Waals surface area (Å²) in [5.41, 5.74) is 0. The summed E-state index contributed by atoms with van der Waals surface area (Å²) in [6.07, 6.45) is 26.8. The van der Waals surface area contributed by atoms with Gasteiger partial charge in [0.2, 0.25) is 5.91 Å². The molecule has 0 aromatic rings. The highest BCUT2D eigenvalue weighted by molar-refractivity contribution is 5.76. The monoisotopic (exact) mass is 976 g/mol. The van der Waals surface area contributed by atoms with Gasteiger partial charge in [0.05, 0.1) is 32.0 Å². The zero-order chi connectivity index (χ0) is 49.6. The van der Waals surface area contributed by atoms with Crippen molar-refractivity contribution in [1.29, 1.82) is 0 Å². The van der Waals surface area contributed by atoms with Crippen LogP contribution in [0.25, 0.3) is 0 Å². The van der Waals surface area contributed by atoms with E-state index < -0.39 is 86.8 Å². The normalized spacial score (nSPS) is 26.3. The van der Waals surface area contributed by atoms with Gasteiger partial charge in [0.1, 0.15) is 48.8 Å². The molecule has 2 aliphatic rings. The maximum atomic E-state index is 13.2. The molecule has 0 spiro atoms. The van der Waals surface area contributed by atoms with Crippen LogP contribution >= 0.6 is 0 Å². The molecule has 1 amide bonds. The third kappa shape index (κ3) is 27.7. The molecule has 2 rings (SSSR count). The van der Waals surface area contributed by atoms with Gasteiger partial charge >= 0.3 is 0 Å². The molecular formula is C54H105NO13. The van der Waals surface area contributed by atoms with Crippen LogP contribution < -0.4 is 5.32 Å². The molecule has 14 nitrogen and oxygen atoms in total. The topological polar surface area (TPSA) is 228 Å². The first-order valence-corrected chi connectivity index (χ1v) is 28.3. The average molecular weight is 976 g/mol. The largest absolute Gasteiger partial charge is 0.394 e. The average Bonchev–Trinajstić information content (AvgIpc) is 3.34. The van der Waals surface area contributed by atoms with Crippen LogP contribution in [-0.2, 0) is 23.7 Å². The minimum absolute atomic E-state index is 0.204. The quantitative estimate of drug-likeness (QED) is 0.0261. The van der Waals surface area contributed by atoms with Gasteiger partial charge in [-0.25, -0.2) is 0 Å². The molecule has 2 heterocycles. The van der Waals surface area contributed by atoms with Crippen molar-refractivity contribution < 1.29 is 64.6 Å². The lowest BCUT2D eigenvalue weighted by Gasteiger charge is -2.46. The Balaban J connectivity index is 1.73. The zero-order valence-corrected chi connectivity index (χ0v) is 43.1. The molecular weight excluding hydrogens is 871 g/mol. The Kier molecular flexibility index (Phi) is 38.5. The van der Waals surface area contributed by atoms with E-state index in [0.29, 0.717) is 12.8 Å². The number of aliphatic hydroxyl groups excluding tert-OH is 8. The first kappa shape index (κ1) is 63.1. The Morgan fingerprint density at radius 1 is 0.471 bits per heavy atom. The molecule has 12 atom stereocenters. The van der Waals surface area contributed by atoms with Crippen molar-refractivity contribution >= 4 is 5.91 Å². The lowest BCUT2D eigenvalue weighted by atomic mass is 9.97. The highest BCUT2D eigenvalue weighted by Crippen LogP contribution is 2.30. The van der Waals surface area contributed by atoms with Gasteiger partial charge in [-0.15, -0.1) is 0 Å². The van der Waals surface area contributed by atoms with Crippen molar-refractivity contribution in [3.8, 4) is 0 Å². The minimum atomic E-state index is -1.78. The van der Waals surface area contributed by atoms with E-state index in [1.165, 1.54) is 167 Å². The molecule has 2 saturated heterocycles. The highest BCUT2D eigenvalue weighted by atomic mass is 16.7. The van der Waals surface area contributed by atoms with Crippen LogP contribution in [0, 0.1) is 0 Å². The van der Waals surface area contributed by atoms with E-state index >= 15 is 0 Å². The number of rotatable bonds is 45. The molecule has 0 bridgehead atoms. The van der Waals surface area contributed by atoms with Crippen LogP contribution in [0.1, 0.15) is 245 Å². The third-order valence-electron chi connectivity index (χ3n) is 14.3. The van der Waals surface area contributed by atoms with Crippen LogP contribution in [0.3, 0.4) is 0 Å². The predicted octanol–water partition coefficient (Wildman–Crippen LogP) is 8.56. The van der Waals surface area contributed by atoms with Gasteiger partial charge in [-0.2, -0.15) is 0 Å². The third-order valence-corrected chi connectivity index (χ3v) is 14.3. The smallest absolute Gasteiger partial charge is 0.220 e. The first-order chi connectivity index (χ1) is 33.1. The molecule has 0 aromatic carbocycles. The fourth-order valence-electron chi connectivity index (χ4n) is 9.71. The van der Waals surface area contributed by atoms with E-state index in [0.717, 1.165) is 51.4 Å². The van der Waals surface area contributed by atoms with Gasteiger partial charge in [-0.05, 0) is 12.8 Å². The number of carbonyl (C=O) groups excluding carboxylic acids is 1. The summed E-state index contributed by atoms with van der Waals surface area (Å²) >= 11 is 0. The summed E-state index contributed by atoms with van der Waals surface area (Å²) < 4.78 is 22.8. The van der Waals surface area contributed by atoms with Crippen molar-refractivity contribution in [1.82, 2.24) is 5.32 Å². The van der Waals surface area contributed by atoms with Gasteiger partial charge in [0.15, 0.2) is 12.6 Å². The van der Waals surface area contributed by atoms with E-state index in [9.17, 15) is 45.6 Å². The summed E-state index contributed by atoms with van der Waals surface area (Å²) in [7, 11) is 0. The van der Waals surface area contributed by atoms with E-state index in [1.807, 2.05) is 0 Å². The molecule has 0 radical (unpaired) electrons. The van der Waals surface area contributed by atoms with Crippen molar-refractivity contribution in [2.75, 3.05) is 19.8 Å². The van der Waals surface area contributed by atoms with Gasteiger partial charge in [-0.3, -0.25) is 4.79 Å². The molecule has 14 heteroatoms. The fraction of sp³-hybridized carbons (Fsp3) is 0.981. The Labute approximate surface area is 413 Å². The van der Waals surface area contributed by atoms with Gasteiger partial charge in [0, 0.05) is 6.42 Å². The fourth-order valence-corrected chi connectivity index (χ4v) is 9.71. The standard InChI is InChI=1S/C54H105NO13/c1-3-5-7-9-11-13-15-16-17-18-19-20-21-22-23-24-25-26-28-29-31-33-35-37-43(58)42(55-46(59)38-36-34-32-30-27-14-12-10-8-6-4-2)41-65-53-51(64)49(62)52(45(40-57)67-53)68-54-50(63)48(61)47(60)44(39-56)66-54/h42-45,47-54,56-58,60-64H,3-41H2,1-2H3,(H,55,59). The number of unbranched alkanes of at least 4 members (excludes halogenated alkanes) is 32. The molecule has 2 fully saturated rings. The number of nitrogens with one attached hydrogen (secondary N) is 1. The van der Waals surface area contributed by atoms with Crippen LogP contribution in [0.4, 0.5) is 0 Å². The summed E-state index contributed by atoms with van der Waals surface area (Å²) in [5.74, 6) is -0.204. The van der Waals surface area contributed by atoms with E-state index in [-0.39, 0.29) is 12.5 Å². The van der Waals surface area contributed by atoms with E-state index in [2.05, 4.69) is 19.2 Å². The number of carbonyl (C=O) groups is 1. The second-order valence-electron chi connectivity index (χ2n) is 20.4. The highest BCUT2D eigenvalue weighted by Gasteiger charge is 2.51. The van der Waals surface area contributed by atoms with Gasteiger partial charge < -0.3 is 65.1 Å². The first-order valence-electron chi connectivity index (χ1n) is 28.3. The Morgan fingerprint density at radius 3 is 1.25 bits per heavy atom. The van der Waals surface area contributed by atoms with E-state index in [1.54, 1.807) is 0 Å². The molecule has 0 saturated carbocycles. The number of amides is 1. The van der Waals surface area contributed by atoms with Crippen LogP contribution in [0.5, 0.6) is 0 Å². The SMILES string of the molecule is CCCCCCCCCCCCCCCCCCCCCCCCCC(O)C(COC1OC(CO)C(OC2OC(CO)C(O)C(O)C2O)C(O)C1O)NC(=O)CCCCCCCCCCCCC.